The first-order chi connectivity index (χ1) is 12.2. The van der Waals surface area contributed by atoms with E-state index in [0.717, 1.165) is 23.0 Å². The number of halogens is 1. The summed E-state index contributed by atoms with van der Waals surface area (Å²) in [7, 11) is 0. The van der Waals surface area contributed by atoms with Crippen LogP contribution in [0.1, 0.15) is 34.1 Å². The van der Waals surface area contributed by atoms with Crippen LogP contribution in [0.15, 0.2) is 29.3 Å². The maximum absolute atomic E-state index is 12.5. The van der Waals surface area contributed by atoms with Gasteiger partial charge in [-0.2, -0.15) is 5.26 Å². The highest BCUT2D eigenvalue weighted by Gasteiger charge is 2.20. The number of nitriles is 1. The van der Waals surface area contributed by atoms with Crippen LogP contribution < -0.4 is 5.32 Å². The van der Waals surface area contributed by atoms with Crippen molar-refractivity contribution in [2.24, 2.45) is 0 Å². The number of carbonyl (C=O) groups is 2. The molecule has 26 heavy (non-hydrogen) atoms. The number of pyridine rings is 1. The molecular weight excluding hydrogens is 374 g/mol. The van der Waals surface area contributed by atoms with Crippen molar-refractivity contribution >= 4 is 40.9 Å². The SMILES string of the molecule is Cc1cc(C)c(C#N)c(SC(C)C(=O)Nc2cc(C(=O)O)ccc2Cl)n1. The average Bonchev–Trinajstić information content (AvgIpc) is 2.56. The first-order valence-electron chi connectivity index (χ1n) is 7.61. The number of benzene rings is 1. The predicted molar refractivity (Wildman–Crippen MR) is 101 cm³/mol. The summed E-state index contributed by atoms with van der Waals surface area (Å²) in [5.41, 5.74) is 2.23. The minimum absolute atomic E-state index is 0.0211. The van der Waals surface area contributed by atoms with Crippen molar-refractivity contribution in [3.63, 3.8) is 0 Å². The quantitative estimate of drug-likeness (QED) is 0.748. The van der Waals surface area contributed by atoms with Gasteiger partial charge in [-0.25, -0.2) is 9.78 Å². The third-order valence-corrected chi connectivity index (χ3v) is 4.97. The Balaban J connectivity index is 2.21. The van der Waals surface area contributed by atoms with Crippen LogP contribution in [0.5, 0.6) is 0 Å². The van der Waals surface area contributed by atoms with Gasteiger partial charge in [-0.05, 0) is 50.6 Å². The summed E-state index contributed by atoms with van der Waals surface area (Å²) in [6.45, 7) is 5.31. The predicted octanol–water partition coefficient (Wildman–Crippen LogP) is 4.04. The molecule has 6 nitrogen and oxygen atoms in total. The van der Waals surface area contributed by atoms with E-state index in [4.69, 9.17) is 16.7 Å². The molecule has 1 atom stereocenters. The lowest BCUT2D eigenvalue weighted by Crippen LogP contribution is -2.23. The molecule has 1 unspecified atom stereocenters. The molecule has 2 rings (SSSR count). The van der Waals surface area contributed by atoms with Crippen molar-refractivity contribution in [3.8, 4) is 6.07 Å². The number of thioether (sulfide) groups is 1. The molecule has 134 valence electrons. The van der Waals surface area contributed by atoms with Gasteiger partial charge in [0.1, 0.15) is 11.1 Å². The van der Waals surface area contributed by atoms with Gasteiger partial charge in [0.05, 0.1) is 27.1 Å². The fraction of sp³-hybridized carbons (Fsp3) is 0.222. The molecule has 2 aromatic rings. The Bertz CT molecular complexity index is 925. The number of carboxylic acids is 1. The van der Waals surface area contributed by atoms with Crippen LogP contribution in [-0.2, 0) is 4.79 Å². The summed E-state index contributed by atoms with van der Waals surface area (Å²) in [6, 6.07) is 8.00. The summed E-state index contributed by atoms with van der Waals surface area (Å²) in [6.07, 6.45) is 0. The van der Waals surface area contributed by atoms with Crippen LogP contribution >= 0.6 is 23.4 Å². The maximum Gasteiger partial charge on any atom is 0.335 e. The molecule has 0 radical (unpaired) electrons. The maximum atomic E-state index is 12.5. The van der Waals surface area contributed by atoms with Crippen molar-refractivity contribution in [3.05, 3.63) is 51.7 Å². The summed E-state index contributed by atoms with van der Waals surface area (Å²) in [5, 5.41) is 21.1. The van der Waals surface area contributed by atoms with Crippen molar-refractivity contribution < 1.29 is 14.7 Å². The first-order valence-corrected chi connectivity index (χ1v) is 8.87. The van der Waals surface area contributed by atoms with Gasteiger partial charge in [-0.15, -0.1) is 0 Å². The van der Waals surface area contributed by atoms with Crippen molar-refractivity contribution in [2.75, 3.05) is 5.32 Å². The van der Waals surface area contributed by atoms with E-state index in [2.05, 4.69) is 16.4 Å². The van der Waals surface area contributed by atoms with Gasteiger partial charge in [0.15, 0.2) is 0 Å². The Hall–Kier alpha value is -2.56. The molecule has 0 saturated carbocycles. The second-order valence-corrected chi connectivity index (χ2v) is 7.36. The van der Waals surface area contributed by atoms with E-state index >= 15 is 0 Å². The van der Waals surface area contributed by atoms with Crippen molar-refractivity contribution in [1.29, 1.82) is 5.26 Å². The Morgan fingerprint density at radius 3 is 2.65 bits per heavy atom. The van der Waals surface area contributed by atoms with Gasteiger partial charge < -0.3 is 10.4 Å². The molecule has 0 aliphatic carbocycles. The third-order valence-electron chi connectivity index (χ3n) is 3.55. The molecule has 0 spiro atoms. The lowest BCUT2D eigenvalue weighted by molar-refractivity contribution is -0.115. The largest absolute Gasteiger partial charge is 0.478 e. The number of nitrogens with zero attached hydrogens (tertiary/aromatic N) is 2. The van der Waals surface area contributed by atoms with Crippen LogP contribution in [0.2, 0.25) is 5.02 Å². The van der Waals surface area contributed by atoms with E-state index in [9.17, 15) is 14.9 Å². The van der Waals surface area contributed by atoms with Crippen LogP contribution in [0.4, 0.5) is 5.69 Å². The van der Waals surface area contributed by atoms with Gasteiger partial charge in [0.2, 0.25) is 5.91 Å². The molecule has 2 N–H and O–H groups in total. The fourth-order valence-electron chi connectivity index (χ4n) is 2.23. The number of carbonyl (C=O) groups excluding carboxylic acids is 1. The summed E-state index contributed by atoms with van der Waals surface area (Å²) >= 11 is 7.19. The van der Waals surface area contributed by atoms with Gasteiger partial charge in [0.25, 0.3) is 0 Å². The molecule has 0 aliphatic heterocycles. The van der Waals surface area contributed by atoms with E-state index in [1.807, 2.05) is 19.9 Å². The van der Waals surface area contributed by atoms with E-state index in [0.29, 0.717) is 10.6 Å². The number of hydrogen-bond donors (Lipinski definition) is 2. The molecule has 1 amide bonds. The minimum Gasteiger partial charge on any atom is -0.478 e. The highest BCUT2D eigenvalue weighted by Crippen LogP contribution is 2.29. The number of aromatic nitrogens is 1. The van der Waals surface area contributed by atoms with E-state index in [1.165, 1.54) is 18.2 Å². The molecular formula is C18H16ClN3O3S. The molecule has 0 saturated heterocycles. The Kier molecular flexibility index (Phi) is 6.24. The zero-order valence-electron chi connectivity index (χ0n) is 14.3. The number of nitrogens with one attached hydrogen (secondary N) is 1. The van der Waals surface area contributed by atoms with E-state index < -0.39 is 11.2 Å². The van der Waals surface area contributed by atoms with Crippen molar-refractivity contribution in [1.82, 2.24) is 4.98 Å². The van der Waals surface area contributed by atoms with Crippen LogP contribution in [-0.4, -0.2) is 27.2 Å². The van der Waals surface area contributed by atoms with Gasteiger partial charge >= 0.3 is 5.97 Å². The molecule has 1 aromatic heterocycles. The zero-order valence-corrected chi connectivity index (χ0v) is 15.9. The number of hydrogen-bond acceptors (Lipinski definition) is 5. The first kappa shape index (κ1) is 19.8. The normalized spacial score (nSPS) is 11.5. The summed E-state index contributed by atoms with van der Waals surface area (Å²) in [4.78, 5) is 27.9. The standard InChI is InChI=1S/C18H16ClN3O3S/c1-9-6-10(2)21-17(13(9)8-20)26-11(3)16(23)22-15-7-12(18(24)25)4-5-14(15)19/h4-7,11H,1-3H3,(H,22,23)(H,24,25). The Labute approximate surface area is 160 Å². The Morgan fingerprint density at radius 2 is 2.04 bits per heavy atom. The minimum atomic E-state index is -1.11. The number of rotatable bonds is 5. The molecule has 0 fully saturated rings. The van der Waals surface area contributed by atoms with Gasteiger partial charge in [-0.1, -0.05) is 23.4 Å². The third kappa shape index (κ3) is 4.54. The highest BCUT2D eigenvalue weighted by atomic mass is 35.5. The second kappa shape index (κ2) is 8.21. The van der Waals surface area contributed by atoms with Crippen LogP contribution in [0, 0.1) is 25.2 Å². The van der Waals surface area contributed by atoms with Gasteiger partial charge in [-0.3, -0.25) is 4.79 Å². The lowest BCUT2D eigenvalue weighted by Gasteiger charge is -2.14. The lowest BCUT2D eigenvalue weighted by atomic mass is 10.1. The van der Waals surface area contributed by atoms with Crippen LogP contribution in [0.3, 0.4) is 0 Å². The number of aryl methyl sites for hydroxylation is 2. The topological polar surface area (TPSA) is 103 Å². The average molecular weight is 390 g/mol. The fourth-order valence-corrected chi connectivity index (χ4v) is 3.42. The summed E-state index contributed by atoms with van der Waals surface area (Å²) in [5.74, 6) is -1.48. The zero-order chi connectivity index (χ0) is 19.4. The monoisotopic (exact) mass is 389 g/mol. The molecule has 1 heterocycles. The highest BCUT2D eigenvalue weighted by molar-refractivity contribution is 8.00. The van der Waals surface area contributed by atoms with Gasteiger partial charge in [0, 0.05) is 5.69 Å². The number of anilines is 1. The summed E-state index contributed by atoms with van der Waals surface area (Å²) < 4.78 is 0. The van der Waals surface area contributed by atoms with Crippen molar-refractivity contribution in [2.45, 2.75) is 31.0 Å². The second-order valence-electron chi connectivity index (χ2n) is 5.62. The molecule has 0 aliphatic rings. The van der Waals surface area contributed by atoms with E-state index in [1.54, 1.807) is 6.92 Å². The number of amides is 1. The molecule has 0 bridgehead atoms. The number of aromatic carboxylic acids is 1. The molecule has 1 aromatic carbocycles. The van der Waals surface area contributed by atoms with Crippen LogP contribution in [0.25, 0.3) is 0 Å². The smallest absolute Gasteiger partial charge is 0.335 e. The van der Waals surface area contributed by atoms with E-state index in [-0.39, 0.29) is 22.2 Å². The number of carboxylic acid groups (broad SMARTS) is 1. The molecule has 8 heteroatoms. The Morgan fingerprint density at radius 1 is 1.35 bits per heavy atom.